The molecule has 1 heterocycles. The first-order chi connectivity index (χ1) is 12.4. The average Bonchev–Trinajstić information content (AvgIpc) is 2.63. The molecule has 2 amide bonds. The molecule has 0 bridgehead atoms. The van der Waals surface area contributed by atoms with Gasteiger partial charge in [0.1, 0.15) is 11.6 Å². The second-order valence-electron chi connectivity index (χ2n) is 5.84. The molecule has 0 N–H and O–H groups in total. The van der Waals surface area contributed by atoms with Crippen LogP contribution in [0.2, 0.25) is 10.0 Å². The molecule has 1 aliphatic rings. The Labute approximate surface area is 158 Å². The number of amides is 2. The van der Waals surface area contributed by atoms with E-state index in [1.54, 1.807) is 17.0 Å². The maximum atomic E-state index is 13.8. The topological polar surface area (TPSA) is 40.6 Å². The maximum Gasteiger partial charge on any atom is 0.256 e. The molecular weight excluding hydrogens is 385 g/mol. The van der Waals surface area contributed by atoms with Crippen molar-refractivity contribution in [2.24, 2.45) is 0 Å². The first-order valence-electron chi connectivity index (χ1n) is 7.85. The van der Waals surface area contributed by atoms with Crippen LogP contribution in [0.1, 0.15) is 20.7 Å². The number of rotatable bonds is 2. The van der Waals surface area contributed by atoms with E-state index in [4.69, 9.17) is 23.2 Å². The van der Waals surface area contributed by atoms with Crippen LogP contribution in [-0.2, 0) is 0 Å². The fourth-order valence-electron chi connectivity index (χ4n) is 2.76. The zero-order valence-electron chi connectivity index (χ0n) is 13.5. The number of carbonyl (C=O) groups is 2. The van der Waals surface area contributed by atoms with Gasteiger partial charge in [-0.25, -0.2) is 8.78 Å². The van der Waals surface area contributed by atoms with Crippen molar-refractivity contribution in [3.8, 4) is 0 Å². The van der Waals surface area contributed by atoms with Crippen LogP contribution in [0, 0.1) is 11.6 Å². The van der Waals surface area contributed by atoms with Gasteiger partial charge in [-0.3, -0.25) is 9.59 Å². The van der Waals surface area contributed by atoms with Crippen molar-refractivity contribution in [2.45, 2.75) is 0 Å². The third kappa shape index (κ3) is 3.81. The summed E-state index contributed by atoms with van der Waals surface area (Å²) in [5.74, 6) is -2.38. The second kappa shape index (κ2) is 7.60. The van der Waals surface area contributed by atoms with Crippen molar-refractivity contribution in [1.82, 2.24) is 9.80 Å². The SMILES string of the molecule is O=C(c1ccc(Cl)c(Cl)c1)N1CCN(C(=O)c2ccc(F)cc2F)CC1. The molecule has 8 heteroatoms. The van der Waals surface area contributed by atoms with Crippen LogP contribution in [0.15, 0.2) is 36.4 Å². The molecule has 136 valence electrons. The van der Waals surface area contributed by atoms with Crippen LogP contribution in [0.25, 0.3) is 0 Å². The van der Waals surface area contributed by atoms with Gasteiger partial charge in [0.2, 0.25) is 0 Å². The van der Waals surface area contributed by atoms with Gasteiger partial charge in [0, 0.05) is 37.8 Å². The molecule has 26 heavy (non-hydrogen) atoms. The molecule has 1 aliphatic heterocycles. The normalized spacial score (nSPS) is 14.5. The molecule has 3 rings (SSSR count). The van der Waals surface area contributed by atoms with Gasteiger partial charge < -0.3 is 9.80 Å². The highest BCUT2D eigenvalue weighted by Crippen LogP contribution is 2.23. The van der Waals surface area contributed by atoms with Gasteiger partial charge in [-0.1, -0.05) is 23.2 Å². The summed E-state index contributed by atoms with van der Waals surface area (Å²) in [4.78, 5) is 27.9. The van der Waals surface area contributed by atoms with E-state index in [1.165, 1.54) is 11.0 Å². The standard InChI is InChI=1S/C18H14Cl2F2N2O2/c19-14-4-1-11(9-15(14)20)17(25)23-5-7-24(8-6-23)18(26)13-3-2-12(21)10-16(13)22/h1-4,9-10H,5-8H2. The summed E-state index contributed by atoms with van der Waals surface area (Å²) in [7, 11) is 0. The Morgan fingerprint density at radius 1 is 0.808 bits per heavy atom. The Bertz CT molecular complexity index is 868. The van der Waals surface area contributed by atoms with Crippen molar-refractivity contribution in [3.63, 3.8) is 0 Å². The van der Waals surface area contributed by atoms with Crippen LogP contribution >= 0.6 is 23.2 Å². The highest BCUT2D eigenvalue weighted by atomic mass is 35.5. The molecular formula is C18H14Cl2F2N2O2. The quantitative estimate of drug-likeness (QED) is 0.770. The Balaban J connectivity index is 1.66. The maximum absolute atomic E-state index is 13.8. The number of hydrogen-bond donors (Lipinski definition) is 0. The van der Waals surface area contributed by atoms with Crippen LogP contribution in [-0.4, -0.2) is 47.8 Å². The largest absolute Gasteiger partial charge is 0.335 e. The van der Waals surface area contributed by atoms with Crippen LogP contribution in [0.5, 0.6) is 0 Å². The van der Waals surface area contributed by atoms with E-state index >= 15 is 0 Å². The van der Waals surface area contributed by atoms with Crippen molar-refractivity contribution in [1.29, 1.82) is 0 Å². The van der Waals surface area contributed by atoms with Crippen molar-refractivity contribution < 1.29 is 18.4 Å². The predicted octanol–water partition coefficient (Wildman–Crippen LogP) is 3.87. The molecule has 2 aromatic rings. The lowest BCUT2D eigenvalue weighted by Crippen LogP contribution is -2.50. The lowest BCUT2D eigenvalue weighted by molar-refractivity contribution is 0.0532. The Kier molecular flexibility index (Phi) is 5.44. The average molecular weight is 399 g/mol. The number of benzene rings is 2. The number of carbonyl (C=O) groups excluding carboxylic acids is 2. The van der Waals surface area contributed by atoms with E-state index in [0.29, 0.717) is 29.7 Å². The van der Waals surface area contributed by atoms with E-state index in [0.717, 1.165) is 12.1 Å². The molecule has 1 fully saturated rings. The minimum absolute atomic E-state index is 0.185. The molecule has 0 radical (unpaired) electrons. The smallest absolute Gasteiger partial charge is 0.256 e. The molecule has 0 unspecified atom stereocenters. The summed E-state index contributed by atoms with van der Waals surface area (Å²) in [6.07, 6.45) is 0. The molecule has 0 spiro atoms. The second-order valence-corrected chi connectivity index (χ2v) is 6.65. The first-order valence-corrected chi connectivity index (χ1v) is 8.61. The number of halogens is 4. The van der Waals surface area contributed by atoms with Crippen LogP contribution < -0.4 is 0 Å². The van der Waals surface area contributed by atoms with Gasteiger partial charge in [0.25, 0.3) is 11.8 Å². The lowest BCUT2D eigenvalue weighted by Gasteiger charge is -2.35. The van der Waals surface area contributed by atoms with Gasteiger partial charge in [-0.2, -0.15) is 0 Å². The number of piperazine rings is 1. The third-order valence-electron chi connectivity index (χ3n) is 4.18. The van der Waals surface area contributed by atoms with E-state index in [2.05, 4.69) is 0 Å². The summed E-state index contributed by atoms with van der Waals surface area (Å²) in [5.41, 5.74) is 0.222. The molecule has 0 atom stereocenters. The highest BCUT2D eigenvalue weighted by Gasteiger charge is 2.27. The van der Waals surface area contributed by atoms with Crippen molar-refractivity contribution in [3.05, 3.63) is 69.2 Å². The third-order valence-corrected chi connectivity index (χ3v) is 4.92. The molecule has 0 aliphatic carbocycles. The highest BCUT2D eigenvalue weighted by molar-refractivity contribution is 6.42. The zero-order chi connectivity index (χ0) is 18.8. The van der Waals surface area contributed by atoms with Gasteiger partial charge >= 0.3 is 0 Å². The Morgan fingerprint density at radius 2 is 1.42 bits per heavy atom. The van der Waals surface area contributed by atoms with E-state index in [-0.39, 0.29) is 29.6 Å². The molecule has 4 nitrogen and oxygen atoms in total. The summed E-state index contributed by atoms with van der Waals surface area (Å²) >= 11 is 11.8. The molecule has 0 saturated carbocycles. The predicted molar refractivity (Wildman–Crippen MR) is 94.6 cm³/mol. The minimum Gasteiger partial charge on any atom is -0.335 e. The summed E-state index contributed by atoms with van der Waals surface area (Å²) in [5, 5.41) is 0.651. The minimum atomic E-state index is -0.899. The number of hydrogen-bond acceptors (Lipinski definition) is 2. The summed E-state index contributed by atoms with van der Waals surface area (Å²) < 4.78 is 26.8. The lowest BCUT2D eigenvalue weighted by atomic mass is 10.1. The Hall–Kier alpha value is -2.18. The van der Waals surface area contributed by atoms with Crippen molar-refractivity contribution in [2.75, 3.05) is 26.2 Å². The summed E-state index contributed by atoms with van der Waals surface area (Å²) in [6.45, 7) is 1.10. The molecule has 2 aromatic carbocycles. The van der Waals surface area contributed by atoms with Gasteiger partial charge in [-0.05, 0) is 30.3 Å². The van der Waals surface area contributed by atoms with E-state index < -0.39 is 17.5 Å². The monoisotopic (exact) mass is 398 g/mol. The zero-order valence-corrected chi connectivity index (χ0v) is 15.0. The van der Waals surface area contributed by atoms with Crippen LogP contribution in [0.3, 0.4) is 0 Å². The molecule has 1 saturated heterocycles. The number of nitrogens with zero attached hydrogens (tertiary/aromatic N) is 2. The summed E-state index contributed by atoms with van der Waals surface area (Å²) in [6, 6.07) is 7.48. The van der Waals surface area contributed by atoms with Gasteiger partial charge in [-0.15, -0.1) is 0 Å². The Morgan fingerprint density at radius 3 is 2.00 bits per heavy atom. The van der Waals surface area contributed by atoms with Crippen molar-refractivity contribution >= 4 is 35.0 Å². The van der Waals surface area contributed by atoms with E-state index in [9.17, 15) is 18.4 Å². The van der Waals surface area contributed by atoms with Gasteiger partial charge in [0.15, 0.2) is 0 Å². The first kappa shape index (κ1) is 18.6. The molecule has 0 aromatic heterocycles. The fourth-order valence-corrected chi connectivity index (χ4v) is 3.06. The van der Waals surface area contributed by atoms with Gasteiger partial charge in [0.05, 0.1) is 15.6 Å². The van der Waals surface area contributed by atoms with E-state index in [1.807, 2.05) is 0 Å². The van der Waals surface area contributed by atoms with Crippen LogP contribution in [0.4, 0.5) is 8.78 Å². The fraction of sp³-hybridized carbons (Fsp3) is 0.222.